The van der Waals surface area contributed by atoms with Crippen molar-refractivity contribution in [2.75, 3.05) is 11.1 Å². The number of benzene rings is 1. The molecular weight excluding hydrogens is 332 g/mol. The molecule has 0 bridgehead atoms. The van der Waals surface area contributed by atoms with Crippen LogP contribution < -0.4 is 5.32 Å². The van der Waals surface area contributed by atoms with Crippen molar-refractivity contribution in [1.82, 2.24) is 14.8 Å². The second kappa shape index (κ2) is 6.51. The number of Topliss-reactive ketones (excluding diaryl/α,β-unsaturated/α-hetero) is 1. The quantitative estimate of drug-likeness (QED) is 0.437. The highest BCUT2D eigenvalue weighted by Crippen LogP contribution is 2.27. The van der Waals surface area contributed by atoms with Crippen LogP contribution in [0.2, 0.25) is 0 Å². The number of ketones is 1. The summed E-state index contributed by atoms with van der Waals surface area (Å²) in [5, 5.41) is 11.8. The van der Waals surface area contributed by atoms with E-state index in [-0.39, 0.29) is 17.4 Å². The lowest BCUT2D eigenvalue weighted by atomic mass is 10.1. The van der Waals surface area contributed by atoms with Gasteiger partial charge in [-0.15, -0.1) is 10.2 Å². The van der Waals surface area contributed by atoms with E-state index in [9.17, 15) is 9.59 Å². The van der Waals surface area contributed by atoms with Gasteiger partial charge in [-0.25, -0.2) is 0 Å². The van der Waals surface area contributed by atoms with Crippen LogP contribution in [-0.2, 0) is 11.8 Å². The van der Waals surface area contributed by atoms with E-state index in [1.54, 1.807) is 0 Å². The third kappa shape index (κ3) is 3.43. The van der Waals surface area contributed by atoms with E-state index in [0.29, 0.717) is 15.0 Å². The number of carbonyl (C=O) groups excluding carboxylic acids is 2. The van der Waals surface area contributed by atoms with Gasteiger partial charge in [0.15, 0.2) is 10.1 Å². The van der Waals surface area contributed by atoms with Crippen molar-refractivity contribution in [3.63, 3.8) is 0 Å². The summed E-state index contributed by atoms with van der Waals surface area (Å²) in [6, 6.07) is 7.82. The monoisotopic (exact) mass is 346 g/mol. The lowest BCUT2D eigenvalue weighted by Gasteiger charge is -1.97. The van der Waals surface area contributed by atoms with Gasteiger partial charge in [-0.1, -0.05) is 41.3 Å². The van der Waals surface area contributed by atoms with Gasteiger partial charge < -0.3 is 9.88 Å². The molecule has 2 heterocycles. The third-order valence-electron chi connectivity index (χ3n) is 3.21. The number of hydrogen-bond donors (Lipinski definition) is 1. The molecule has 2 aromatic heterocycles. The largest absolute Gasteiger partial charge is 0.350 e. The van der Waals surface area contributed by atoms with E-state index in [1.807, 2.05) is 42.1 Å². The summed E-state index contributed by atoms with van der Waals surface area (Å²) in [6.45, 7) is 1.41. The summed E-state index contributed by atoms with van der Waals surface area (Å²) in [6.07, 6.45) is 1.86. The van der Waals surface area contributed by atoms with Gasteiger partial charge in [0.1, 0.15) is 0 Å². The Kier molecular flexibility index (Phi) is 4.44. The minimum Gasteiger partial charge on any atom is -0.350 e. The molecule has 1 aromatic carbocycles. The number of aryl methyl sites for hydroxylation is 1. The minimum absolute atomic E-state index is 0.0445. The van der Waals surface area contributed by atoms with Crippen molar-refractivity contribution < 1.29 is 9.59 Å². The number of nitrogens with zero attached hydrogens (tertiary/aromatic N) is 3. The number of para-hydroxylation sites is 1. The zero-order valence-corrected chi connectivity index (χ0v) is 14.2. The SMILES string of the molecule is CC(=O)Nc1nnc(SCC(=O)c2cn(C)c3ccccc23)s1. The molecule has 0 radical (unpaired) electrons. The molecule has 3 aromatic rings. The second-order valence-electron chi connectivity index (χ2n) is 4.94. The molecule has 118 valence electrons. The topological polar surface area (TPSA) is 76.9 Å². The van der Waals surface area contributed by atoms with E-state index < -0.39 is 0 Å². The molecule has 8 heteroatoms. The first-order valence-corrected chi connectivity index (χ1v) is 8.66. The molecular formula is C15H14N4O2S2. The van der Waals surface area contributed by atoms with Gasteiger partial charge in [0.2, 0.25) is 11.0 Å². The van der Waals surface area contributed by atoms with Crippen LogP contribution in [0.25, 0.3) is 10.9 Å². The summed E-state index contributed by atoms with van der Waals surface area (Å²) in [5.41, 5.74) is 1.74. The third-order valence-corrected chi connectivity index (χ3v) is 5.19. The number of fused-ring (bicyclic) bond motifs is 1. The Labute approximate surface area is 140 Å². The average Bonchev–Trinajstić information content (AvgIpc) is 3.10. The zero-order valence-electron chi connectivity index (χ0n) is 12.6. The number of hydrogen-bond acceptors (Lipinski definition) is 6. The van der Waals surface area contributed by atoms with E-state index >= 15 is 0 Å². The number of thioether (sulfide) groups is 1. The lowest BCUT2D eigenvalue weighted by molar-refractivity contribution is -0.114. The first-order valence-electron chi connectivity index (χ1n) is 6.86. The maximum absolute atomic E-state index is 12.5. The molecule has 0 saturated heterocycles. The summed E-state index contributed by atoms with van der Waals surface area (Å²) < 4.78 is 2.61. The molecule has 0 aliphatic heterocycles. The Morgan fingerprint density at radius 3 is 2.87 bits per heavy atom. The van der Waals surface area contributed by atoms with Crippen LogP contribution in [0, 0.1) is 0 Å². The highest BCUT2D eigenvalue weighted by Gasteiger charge is 2.15. The second-order valence-corrected chi connectivity index (χ2v) is 7.14. The van der Waals surface area contributed by atoms with Crippen molar-refractivity contribution in [2.45, 2.75) is 11.3 Å². The minimum atomic E-state index is -0.190. The number of rotatable bonds is 5. The molecule has 0 aliphatic rings. The average molecular weight is 346 g/mol. The summed E-state index contributed by atoms with van der Waals surface area (Å²) in [7, 11) is 1.93. The summed E-state index contributed by atoms with van der Waals surface area (Å²) in [5.74, 6) is 0.135. The van der Waals surface area contributed by atoms with Gasteiger partial charge in [0.25, 0.3) is 0 Å². The van der Waals surface area contributed by atoms with Crippen molar-refractivity contribution in [2.24, 2.45) is 7.05 Å². The molecule has 1 amide bonds. The van der Waals surface area contributed by atoms with Crippen molar-refractivity contribution in [1.29, 1.82) is 0 Å². The Bertz CT molecular complexity index is 885. The van der Waals surface area contributed by atoms with E-state index in [2.05, 4.69) is 15.5 Å². The van der Waals surface area contributed by atoms with Gasteiger partial charge in [0.05, 0.1) is 5.75 Å². The number of aromatic nitrogens is 3. The summed E-state index contributed by atoms with van der Waals surface area (Å²) in [4.78, 5) is 23.4. The predicted octanol–water partition coefficient (Wildman–Crippen LogP) is 2.96. The van der Waals surface area contributed by atoms with Crippen LogP contribution in [0.15, 0.2) is 34.8 Å². The Morgan fingerprint density at radius 1 is 1.30 bits per heavy atom. The standard InChI is InChI=1S/C15H14N4O2S2/c1-9(20)16-14-17-18-15(23-14)22-8-13(21)11-7-19(2)12-6-4-3-5-10(11)12/h3-7H,8H2,1-2H3,(H,16,17,20). The predicted molar refractivity (Wildman–Crippen MR) is 92.2 cm³/mol. The van der Waals surface area contributed by atoms with Crippen LogP contribution in [-0.4, -0.2) is 32.2 Å². The molecule has 3 rings (SSSR count). The zero-order chi connectivity index (χ0) is 16.4. The van der Waals surface area contributed by atoms with Gasteiger partial charge in [-0.3, -0.25) is 9.59 Å². The van der Waals surface area contributed by atoms with E-state index in [4.69, 9.17) is 0 Å². The molecule has 0 spiro atoms. The van der Waals surface area contributed by atoms with Crippen molar-refractivity contribution in [3.8, 4) is 0 Å². The normalized spacial score (nSPS) is 10.9. The van der Waals surface area contributed by atoms with Gasteiger partial charge in [0, 0.05) is 36.6 Å². The van der Waals surface area contributed by atoms with Crippen molar-refractivity contribution >= 4 is 50.8 Å². The van der Waals surface area contributed by atoms with Crippen LogP contribution in [0.1, 0.15) is 17.3 Å². The number of amides is 1. The van der Waals surface area contributed by atoms with E-state index in [0.717, 1.165) is 10.9 Å². The molecule has 0 unspecified atom stereocenters. The molecule has 0 fully saturated rings. The fourth-order valence-corrected chi connectivity index (χ4v) is 3.92. The maximum Gasteiger partial charge on any atom is 0.223 e. The Morgan fingerprint density at radius 2 is 2.09 bits per heavy atom. The fourth-order valence-electron chi connectivity index (χ4n) is 2.24. The number of anilines is 1. The van der Waals surface area contributed by atoms with Crippen LogP contribution in [0.4, 0.5) is 5.13 Å². The molecule has 0 saturated carbocycles. The highest BCUT2D eigenvalue weighted by molar-refractivity contribution is 8.01. The molecule has 6 nitrogen and oxygen atoms in total. The Balaban J connectivity index is 1.71. The molecule has 0 aliphatic carbocycles. The molecule has 0 atom stereocenters. The Hall–Kier alpha value is -2.19. The fraction of sp³-hybridized carbons (Fsp3) is 0.200. The number of nitrogens with one attached hydrogen (secondary N) is 1. The molecule has 23 heavy (non-hydrogen) atoms. The maximum atomic E-state index is 12.5. The lowest BCUT2D eigenvalue weighted by Crippen LogP contribution is -2.04. The van der Waals surface area contributed by atoms with Crippen LogP contribution in [0.5, 0.6) is 0 Å². The smallest absolute Gasteiger partial charge is 0.223 e. The van der Waals surface area contributed by atoms with Crippen molar-refractivity contribution in [3.05, 3.63) is 36.0 Å². The highest BCUT2D eigenvalue weighted by atomic mass is 32.2. The van der Waals surface area contributed by atoms with E-state index in [1.165, 1.54) is 30.0 Å². The molecule has 1 N–H and O–H groups in total. The first-order chi connectivity index (χ1) is 11.0. The number of carbonyl (C=O) groups is 2. The van der Waals surface area contributed by atoms with Crippen LogP contribution >= 0.6 is 23.1 Å². The van der Waals surface area contributed by atoms with Crippen LogP contribution in [0.3, 0.4) is 0 Å². The van der Waals surface area contributed by atoms with Gasteiger partial charge in [-0.2, -0.15) is 0 Å². The van der Waals surface area contributed by atoms with Gasteiger partial charge in [-0.05, 0) is 6.07 Å². The summed E-state index contributed by atoms with van der Waals surface area (Å²) >= 11 is 2.58. The first kappa shape index (κ1) is 15.7. The van der Waals surface area contributed by atoms with Gasteiger partial charge >= 0.3 is 0 Å².